The highest BCUT2D eigenvalue weighted by Gasteiger charge is 2.72. The molecule has 5 rings (SSSR count). The largest absolute Gasteiger partial charge is 0.504 e. The average molecular weight is 715 g/mol. The lowest BCUT2D eigenvalue weighted by molar-refractivity contribution is -0.176. The van der Waals surface area contributed by atoms with E-state index in [4.69, 9.17) is 18.9 Å². The second-order valence-electron chi connectivity index (χ2n) is 15.0. The Kier molecular flexibility index (Phi) is 10.6. The number of hydrogen-bond acceptors (Lipinski definition) is 12. The molecular weight excluding hydrogens is 664 g/mol. The number of aromatic hydroxyl groups is 1. The van der Waals surface area contributed by atoms with Crippen LogP contribution < -0.4 is 20.7 Å². The van der Waals surface area contributed by atoms with Gasteiger partial charge in [-0.2, -0.15) is 0 Å². The molecule has 1 aromatic rings. The van der Waals surface area contributed by atoms with Crippen molar-refractivity contribution in [3.05, 3.63) is 35.1 Å². The van der Waals surface area contributed by atoms with E-state index in [1.165, 1.54) is 20.8 Å². The van der Waals surface area contributed by atoms with Gasteiger partial charge in [0.05, 0.1) is 11.0 Å². The molecule has 0 radical (unpaired) electrons. The molecule has 280 valence electrons. The maximum atomic E-state index is 13.3. The molecule has 3 amide bonds. The van der Waals surface area contributed by atoms with Crippen molar-refractivity contribution in [3.63, 3.8) is 0 Å². The van der Waals surface area contributed by atoms with E-state index in [0.29, 0.717) is 38.8 Å². The number of carbonyl (C=O) groups excluding carboxylic acids is 5. The molecule has 0 aromatic heterocycles. The van der Waals surface area contributed by atoms with E-state index >= 15 is 0 Å². The van der Waals surface area contributed by atoms with Crippen molar-refractivity contribution in [1.82, 2.24) is 20.9 Å². The molecule has 2 heterocycles. The lowest BCUT2D eigenvalue weighted by Gasteiger charge is -2.61. The van der Waals surface area contributed by atoms with Crippen LogP contribution >= 0.6 is 0 Å². The summed E-state index contributed by atoms with van der Waals surface area (Å²) in [6.07, 6.45) is 1.31. The molecule has 0 saturated carbocycles. The highest BCUT2D eigenvalue weighted by molar-refractivity contribution is 5.90. The number of likely N-dealkylation sites (N-methyl/N-ethyl adjacent to an activating group) is 1. The number of phenolic OH excluding ortho intramolecular Hbond substituents is 1. The number of ether oxygens (including phenoxy) is 4. The highest BCUT2D eigenvalue weighted by atomic mass is 16.6. The lowest BCUT2D eigenvalue weighted by Crippen LogP contribution is -2.74. The molecule has 2 aliphatic carbocycles. The molecule has 2 bridgehead atoms. The van der Waals surface area contributed by atoms with Crippen LogP contribution in [0.4, 0.5) is 4.79 Å². The minimum Gasteiger partial charge on any atom is -0.504 e. The van der Waals surface area contributed by atoms with Crippen LogP contribution in [0.25, 0.3) is 0 Å². The van der Waals surface area contributed by atoms with Crippen LogP contribution in [0.1, 0.15) is 84.8 Å². The number of amides is 3. The monoisotopic (exact) mass is 714 g/mol. The molecule has 51 heavy (non-hydrogen) atoms. The maximum Gasteiger partial charge on any atom is 0.407 e. The summed E-state index contributed by atoms with van der Waals surface area (Å²) in [5.41, 5.74) is -1.10. The minimum atomic E-state index is -1.37. The van der Waals surface area contributed by atoms with E-state index in [0.717, 1.165) is 11.1 Å². The predicted octanol–water partition coefficient (Wildman–Crippen LogP) is 1.85. The van der Waals surface area contributed by atoms with Gasteiger partial charge in [0.25, 0.3) is 0 Å². The molecule has 4 aliphatic rings. The van der Waals surface area contributed by atoms with Crippen LogP contribution in [0.3, 0.4) is 0 Å². The molecule has 1 fully saturated rings. The molecule has 5 N–H and O–H groups in total. The fraction of sp³-hybridized carbons (Fsp3) is 0.639. The van der Waals surface area contributed by atoms with Crippen LogP contribution in [0.15, 0.2) is 24.0 Å². The number of benzene rings is 1. The van der Waals surface area contributed by atoms with Crippen molar-refractivity contribution in [1.29, 1.82) is 0 Å². The quantitative estimate of drug-likeness (QED) is 0.120. The smallest absolute Gasteiger partial charge is 0.407 e. The number of nitrogens with one attached hydrogen (secondary N) is 3. The van der Waals surface area contributed by atoms with Gasteiger partial charge in [-0.05, 0) is 98.0 Å². The topological polar surface area (TPSA) is 202 Å². The zero-order valence-corrected chi connectivity index (χ0v) is 30.3. The van der Waals surface area contributed by atoms with Crippen molar-refractivity contribution in [2.45, 2.75) is 127 Å². The third-order valence-corrected chi connectivity index (χ3v) is 10.2. The Balaban J connectivity index is 1.16. The number of phenols is 1. The van der Waals surface area contributed by atoms with Gasteiger partial charge in [-0.1, -0.05) is 6.07 Å². The number of esters is 2. The van der Waals surface area contributed by atoms with Crippen LogP contribution in [-0.2, 0) is 45.2 Å². The molecule has 15 heteroatoms. The summed E-state index contributed by atoms with van der Waals surface area (Å²) in [5.74, 6) is -2.44. The zero-order chi connectivity index (χ0) is 37.5. The molecule has 1 saturated heterocycles. The second-order valence-corrected chi connectivity index (χ2v) is 15.0. The van der Waals surface area contributed by atoms with Gasteiger partial charge in [0.2, 0.25) is 11.8 Å². The third-order valence-electron chi connectivity index (χ3n) is 10.2. The van der Waals surface area contributed by atoms with Gasteiger partial charge in [-0.3, -0.25) is 9.59 Å². The Bertz CT molecular complexity index is 1610. The first-order valence-corrected chi connectivity index (χ1v) is 17.5. The number of nitrogens with zero attached hydrogens (tertiary/aromatic N) is 1. The van der Waals surface area contributed by atoms with Gasteiger partial charge < -0.3 is 50.0 Å². The van der Waals surface area contributed by atoms with Gasteiger partial charge in [-0.25, -0.2) is 14.4 Å². The van der Waals surface area contributed by atoms with Crippen LogP contribution in [0, 0.1) is 0 Å². The Labute approximate surface area is 297 Å². The van der Waals surface area contributed by atoms with Crippen molar-refractivity contribution >= 4 is 29.8 Å². The van der Waals surface area contributed by atoms with E-state index in [9.17, 15) is 34.2 Å². The highest BCUT2D eigenvalue weighted by Crippen LogP contribution is 2.65. The first-order chi connectivity index (χ1) is 23.9. The van der Waals surface area contributed by atoms with Gasteiger partial charge >= 0.3 is 18.0 Å². The standard InChI is InChI=1S/C36H50N4O11/c1-19(38-30(43)23(39-21(3)41)10-8-9-16-37-33(46)51-34(4,5)6)31(44)48-20(2)32(45)49-25-13-14-36(47)26-18-22-11-12-24(42)28-27(22)35(36,29(25)50-28)15-17-40(26)7/h11-13,19-20,23,26,29,42,47H,8-10,14-18H2,1-7H3,(H,37,46)(H,38,43)(H,39,41)/t19-,20-,23-,26?,29-,35-,36-/m0/s1. The Morgan fingerprint density at radius 2 is 1.82 bits per heavy atom. The normalized spacial score (nSPS) is 26.2. The van der Waals surface area contributed by atoms with E-state index in [-0.39, 0.29) is 36.1 Å². The Hall–Kier alpha value is -4.37. The van der Waals surface area contributed by atoms with Crippen molar-refractivity contribution < 1.29 is 53.1 Å². The van der Waals surface area contributed by atoms with Crippen molar-refractivity contribution in [3.8, 4) is 11.5 Å². The van der Waals surface area contributed by atoms with Gasteiger partial charge in [0, 0.05) is 31.5 Å². The number of alkyl carbamates (subject to hydrolysis) is 1. The predicted molar refractivity (Wildman–Crippen MR) is 182 cm³/mol. The van der Waals surface area contributed by atoms with E-state index in [2.05, 4.69) is 20.9 Å². The van der Waals surface area contributed by atoms with Crippen LogP contribution in [0.2, 0.25) is 0 Å². The summed E-state index contributed by atoms with van der Waals surface area (Å²) in [5, 5.41) is 30.7. The summed E-state index contributed by atoms with van der Waals surface area (Å²) in [7, 11) is 1.97. The molecular formula is C36H50N4O11. The SMILES string of the molecule is CC(=O)N[C@@H](CCCCNC(=O)OC(C)(C)C)C(=O)N[C@@H](C)C(=O)O[C@@H](C)C(=O)OC1=CC[C@]2(O)C3Cc4ccc(O)c5c4[C@@]2(CCN3C)[C@H]1O5. The first kappa shape index (κ1) is 37.9. The van der Waals surface area contributed by atoms with Gasteiger partial charge in [-0.15, -0.1) is 0 Å². The fourth-order valence-corrected chi connectivity index (χ4v) is 7.83. The average Bonchev–Trinajstić information content (AvgIpc) is 3.39. The van der Waals surface area contributed by atoms with E-state index in [1.807, 2.05) is 13.1 Å². The summed E-state index contributed by atoms with van der Waals surface area (Å²) < 4.78 is 22.7. The molecule has 1 aromatic carbocycles. The molecule has 7 atom stereocenters. The fourth-order valence-electron chi connectivity index (χ4n) is 7.83. The van der Waals surface area contributed by atoms with E-state index in [1.54, 1.807) is 32.9 Å². The van der Waals surface area contributed by atoms with Gasteiger partial charge in [0.15, 0.2) is 23.7 Å². The number of piperidine rings is 1. The number of carbonyl (C=O) groups is 5. The zero-order valence-electron chi connectivity index (χ0n) is 30.3. The van der Waals surface area contributed by atoms with Crippen molar-refractivity contribution in [2.75, 3.05) is 20.1 Å². The van der Waals surface area contributed by atoms with E-state index < -0.39 is 70.8 Å². The summed E-state index contributed by atoms with van der Waals surface area (Å²) in [6, 6.07) is 1.09. The molecule has 1 spiro atoms. The number of rotatable bonds is 12. The number of hydrogen-bond donors (Lipinski definition) is 5. The summed E-state index contributed by atoms with van der Waals surface area (Å²) in [6.45, 7) is 10.2. The second kappa shape index (κ2) is 14.3. The summed E-state index contributed by atoms with van der Waals surface area (Å²) in [4.78, 5) is 65.1. The van der Waals surface area contributed by atoms with Crippen LogP contribution in [-0.4, -0.2) is 107 Å². The molecule has 1 unspecified atom stereocenters. The maximum absolute atomic E-state index is 13.3. The van der Waals surface area contributed by atoms with Gasteiger partial charge in [0.1, 0.15) is 23.4 Å². The number of likely N-dealkylation sites (tertiary alicyclic amines) is 1. The minimum absolute atomic E-state index is 0.0581. The Morgan fingerprint density at radius 1 is 1.10 bits per heavy atom. The third kappa shape index (κ3) is 7.36. The summed E-state index contributed by atoms with van der Waals surface area (Å²) >= 11 is 0. The molecule has 15 nitrogen and oxygen atoms in total. The van der Waals surface area contributed by atoms with Crippen molar-refractivity contribution in [2.24, 2.45) is 0 Å². The van der Waals surface area contributed by atoms with Crippen LogP contribution in [0.5, 0.6) is 11.5 Å². The number of unbranched alkanes of at least 4 members (excludes halogenated alkanes) is 1. The Morgan fingerprint density at radius 3 is 2.51 bits per heavy atom. The molecule has 2 aliphatic heterocycles. The lowest BCUT2D eigenvalue weighted by atomic mass is 9.50. The number of aliphatic hydroxyl groups is 1. The first-order valence-electron chi connectivity index (χ1n) is 17.5.